The van der Waals surface area contributed by atoms with Crippen molar-refractivity contribution < 1.29 is 14.3 Å². The van der Waals surface area contributed by atoms with Gasteiger partial charge in [0.25, 0.3) is 5.91 Å². The lowest BCUT2D eigenvalue weighted by molar-refractivity contribution is -0.143. The van der Waals surface area contributed by atoms with Crippen molar-refractivity contribution in [2.24, 2.45) is 0 Å². The Kier molecular flexibility index (Phi) is 5.83. The zero-order valence-corrected chi connectivity index (χ0v) is 12.2. The first-order chi connectivity index (χ1) is 8.99. The van der Waals surface area contributed by atoms with E-state index >= 15 is 0 Å². The molecule has 0 aliphatic rings. The van der Waals surface area contributed by atoms with E-state index in [0.717, 1.165) is 5.56 Å². The first-order valence-corrected chi connectivity index (χ1v) is 6.58. The quantitative estimate of drug-likeness (QED) is 0.781. The van der Waals surface area contributed by atoms with E-state index in [2.05, 4.69) is 0 Å². The van der Waals surface area contributed by atoms with Crippen LogP contribution in [0.1, 0.15) is 29.8 Å². The molecule has 1 amide bonds. The van der Waals surface area contributed by atoms with E-state index in [1.54, 1.807) is 25.1 Å². The van der Waals surface area contributed by atoms with Crippen molar-refractivity contribution in [2.75, 3.05) is 19.7 Å². The van der Waals surface area contributed by atoms with Crippen molar-refractivity contribution in [2.45, 2.75) is 20.8 Å². The van der Waals surface area contributed by atoms with Gasteiger partial charge in [0, 0.05) is 17.1 Å². The van der Waals surface area contributed by atoms with Crippen LogP contribution in [0.15, 0.2) is 18.2 Å². The maximum absolute atomic E-state index is 12.3. The van der Waals surface area contributed by atoms with Gasteiger partial charge in [0.15, 0.2) is 0 Å². The molecule has 0 unspecified atom stereocenters. The smallest absolute Gasteiger partial charge is 0.325 e. The van der Waals surface area contributed by atoms with Crippen LogP contribution in [0.5, 0.6) is 0 Å². The molecule has 0 aromatic heterocycles. The average molecular weight is 284 g/mol. The summed E-state index contributed by atoms with van der Waals surface area (Å²) in [6.07, 6.45) is 0. The van der Waals surface area contributed by atoms with Gasteiger partial charge in [0.05, 0.1) is 6.61 Å². The molecule has 0 fully saturated rings. The summed E-state index contributed by atoms with van der Waals surface area (Å²) in [5, 5.41) is 0.616. The van der Waals surface area contributed by atoms with Gasteiger partial charge in [-0.2, -0.15) is 0 Å². The zero-order chi connectivity index (χ0) is 14.4. The summed E-state index contributed by atoms with van der Waals surface area (Å²) in [4.78, 5) is 25.1. The Morgan fingerprint density at radius 2 is 2.00 bits per heavy atom. The second-order valence-electron chi connectivity index (χ2n) is 4.09. The maximum atomic E-state index is 12.3. The fourth-order valence-corrected chi connectivity index (χ4v) is 1.77. The second kappa shape index (κ2) is 7.14. The third-order valence-corrected chi connectivity index (χ3v) is 3.12. The molecule has 4 nitrogen and oxygen atoms in total. The summed E-state index contributed by atoms with van der Waals surface area (Å²) in [5.74, 6) is -0.598. The number of benzene rings is 1. The number of carbonyl (C=O) groups excluding carboxylic acids is 2. The average Bonchev–Trinajstić information content (AvgIpc) is 2.38. The number of carbonyl (C=O) groups is 2. The van der Waals surface area contributed by atoms with Crippen molar-refractivity contribution in [3.05, 3.63) is 34.3 Å². The predicted octanol–water partition coefficient (Wildman–Crippen LogP) is 2.67. The lowest BCUT2D eigenvalue weighted by Crippen LogP contribution is -2.36. The van der Waals surface area contributed by atoms with Crippen LogP contribution in [0.4, 0.5) is 0 Å². The van der Waals surface area contributed by atoms with Crippen LogP contribution in [-0.2, 0) is 9.53 Å². The molecule has 104 valence electrons. The largest absolute Gasteiger partial charge is 0.465 e. The van der Waals surface area contributed by atoms with Crippen molar-refractivity contribution in [1.29, 1.82) is 0 Å². The first-order valence-electron chi connectivity index (χ1n) is 6.20. The molecule has 1 rings (SSSR count). The van der Waals surface area contributed by atoms with Crippen LogP contribution in [-0.4, -0.2) is 36.5 Å². The molecule has 0 saturated carbocycles. The molecule has 0 spiro atoms. The van der Waals surface area contributed by atoms with Crippen molar-refractivity contribution in [1.82, 2.24) is 4.90 Å². The number of amides is 1. The van der Waals surface area contributed by atoms with E-state index in [9.17, 15) is 9.59 Å². The number of hydrogen-bond donors (Lipinski definition) is 0. The highest BCUT2D eigenvalue weighted by atomic mass is 35.5. The van der Waals surface area contributed by atoms with Gasteiger partial charge < -0.3 is 9.64 Å². The van der Waals surface area contributed by atoms with Crippen molar-refractivity contribution >= 4 is 23.5 Å². The molecule has 5 heteroatoms. The maximum Gasteiger partial charge on any atom is 0.325 e. The van der Waals surface area contributed by atoms with Crippen LogP contribution >= 0.6 is 11.6 Å². The Labute approximate surface area is 118 Å². The number of esters is 1. The second-order valence-corrected chi connectivity index (χ2v) is 4.50. The van der Waals surface area contributed by atoms with Gasteiger partial charge in [-0.25, -0.2) is 0 Å². The molecule has 1 aromatic rings. The van der Waals surface area contributed by atoms with Gasteiger partial charge >= 0.3 is 5.97 Å². The highest BCUT2D eigenvalue weighted by Gasteiger charge is 2.18. The summed E-state index contributed by atoms with van der Waals surface area (Å²) in [6.45, 7) is 6.11. The lowest BCUT2D eigenvalue weighted by Gasteiger charge is -2.20. The number of nitrogens with zero attached hydrogens (tertiary/aromatic N) is 1. The molecule has 19 heavy (non-hydrogen) atoms. The highest BCUT2D eigenvalue weighted by Crippen LogP contribution is 2.17. The lowest BCUT2D eigenvalue weighted by atomic mass is 10.1. The van der Waals surface area contributed by atoms with Crippen molar-refractivity contribution in [3.63, 3.8) is 0 Å². The normalized spacial score (nSPS) is 10.1. The number of likely N-dealkylation sites (N-methyl/N-ethyl adjacent to an activating group) is 1. The minimum absolute atomic E-state index is 0.0369. The Morgan fingerprint density at radius 1 is 1.32 bits per heavy atom. The fourth-order valence-electron chi connectivity index (χ4n) is 1.65. The molecule has 0 atom stereocenters. The van der Waals surface area contributed by atoms with E-state index in [-0.39, 0.29) is 12.5 Å². The molecular formula is C14H18ClNO3. The van der Waals surface area contributed by atoms with E-state index in [1.165, 1.54) is 4.90 Å². The molecule has 0 bridgehead atoms. The zero-order valence-electron chi connectivity index (χ0n) is 11.4. The molecule has 1 aromatic carbocycles. The first kappa shape index (κ1) is 15.5. The number of rotatable bonds is 5. The molecule has 0 N–H and O–H groups in total. The minimum Gasteiger partial charge on any atom is -0.465 e. The highest BCUT2D eigenvalue weighted by molar-refractivity contribution is 6.31. The SMILES string of the molecule is CCOC(=O)CN(CC)C(=O)c1ccc(Cl)c(C)c1. The standard InChI is InChI=1S/C14H18ClNO3/c1-4-16(9-13(17)19-5-2)14(18)11-6-7-12(15)10(3)8-11/h6-8H,4-5,9H2,1-3H3. The van der Waals surface area contributed by atoms with Gasteiger partial charge in [-0.05, 0) is 44.5 Å². The molecule has 0 saturated heterocycles. The van der Waals surface area contributed by atoms with Crippen molar-refractivity contribution in [3.8, 4) is 0 Å². The van der Waals surface area contributed by atoms with E-state index in [1.807, 2.05) is 13.8 Å². The summed E-state index contributed by atoms with van der Waals surface area (Å²) in [6, 6.07) is 5.06. The van der Waals surface area contributed by atoms with E-state index in [4.69, 9.17) is 16.3 Å². The Balaban J connectivity index is 2.83. The summed E-state index contributed by atoms with van der Waals surface area (Å²) in [7, 11) is 0. The van der Waals surface area contributed by atoms with Gasteiger partial charge in [-0.3, -0.25) is 9.59 Å². The van der Waals surface area contributed by atoms with Gasteiger partial charge in [-0.1, -0.05) is 11.6 Å². The third kappa shape index (κ3) is 4.24. The third-order valence-electron chi connectivity index (χ3n) is 2.70. The summed E-state index contributed by atoms with van der Waals surface area (Å²) >= 11 is 5.93. The fraction of sp³-hybridized carbons (Fsp3) is 0.429. The van der Waals surface area contributed by atoms with Crippen LogP contribution in [0, 0.1) is 6.92 Å². The van der Waals surface area contributed by atoms with Gasteiger partial charge in [0.2, 0.25) is 0 Å². The predicted molar refractivity (Wildman–Crippen MR) is 74.4 cm³/mol. The Bertz CT molecular complexity index is 474. The Morgan fingerprint density at radius 3 is 2.53 bits per heavy atom. The molecule has 0 aliphatic heterocycles. The number of hydrogen-bond acceptors (Lipinski definition) is 3. The van der Waals surface area contributed by atoms with E-state index in [0.29, 0.717) is 23.7 Å². The molecule has 0 radical (unpaired) electrons. The van der Waals surface area contributed by atoms with Gasteiger partial charge in [-0.15, -0.1) is 0 Å². The number of aryl methyl sites for hydroxylation is 1. The van der Waals surface area contributed by atoms with Crippen LogP contribution in [0.25, 0.3) is 0 Å². The van der Waals surface area contributed by atoms with Crippen LogP contribution in [0.2, 0.25) is 5.02 Å². The summed E-state index contributed by atoms with van der Waals surface area (Å²) in [5.41, 5.74) is 1.35. The van der Waals surface area contributed by atoms with Crippen LogP contribution in [0.3, 0.4) is 0 Å². The monoisotopic (exact) mass is 283 g/mol. The van der Waals surface area contributed by atoms with E-state index < -0.39 is 5.97 Å². The molecular weight excluding hydrogens is 266 g/mol. The summed E-state index contributed by atoms with van der Waals surface area (Å²) < 4.78 is 4.85. The topological polar surface area (TPSA) is 46.6 Å². The Hall–Kier alpha value is -1.55. The van der Waals surface area contributed by atoms with Gasteiger partial charge in [0.1, 0.15) is 6.54 Å². The van der Waals surface area contributed by atoms with Crippen LogP contribution < -0.4 is 0 Å². The molecule has 0 aliphatic carbocycles. The number of ether oxygens (including phenoxy) is 1. The molecule has 0 heterocycles. The minimum atomic E-state index is -0.400. The number of halogens is 1.